The Morgan fingerprint density at radius 3 is 2.10 bits per heavy atom. The smallest absolute Gasteiger partial charge is 0.0195 e. The number of rotatable bonds is 3. The van der Waals surface area contributed by atoms with Crippen LogP contribution in [0.5, 0.6) is 0 Å². The molecule has 0 aromatic heterocycles. The standard InChI is InChI=1S/C8H16.CH5N/c1-4-6-7-8(3)5-2;1-2/h7H,4-6H2,1-3H3;2H2,1H3/b8-7-;. The van der Waals surface area contributed by atoms with Crippen LogP contribution in [0.15, 0.2) is 11.6 Å². The fourth-order valence-electron chi connectivity index (χ4n) is 0.535. The molecule has 0 fully saturated rings. The zero-order valence-corrected chi connectivity index (χ0v) is 7.78. The van der Waals surface area contributed by atoms with E-state index >= 15 is 0 Å². The minimum atomic E-state index is 1.21. The highest BCUT2D eigenvalue weighted by Gasteiger charge is 1.79. The maximum absolute atomic E-state index is 4.50. The molecular formula is C9H21N. The number of nitrogens with two attached hydrogens (primary N) is 1. The third-order valence-corrected chi connectivity index (χ3v) is 1.34. The van der Waals surface area contributed by atoms with Crippen LogP contribution >= 0.6 is 0 Å². The summed E-state index contributed by atoms with van der Waals surface area (Å²) in [6.07, 6.45) is 6.05. The topological polar surface area (TPSA) is 26.0 Å². The first kappa shape index (κ1) is 12.4. The van der Waals surface area contributed by atoms with E-state index in [1.807, 2.05) is 0 Å². The third kappa shape index (κ3) is 10.6. The van der Waals surface area contributed by atoms with Gasteiger partial charge in [0.2, 0.25) is 0 Å². The maximum Gasteiger partial charge on any atom is -0.0195 e. The van der Waals surface area contributed by atoms with Crippen molar-refractivity contribution in [2.45, 2.75) is 40.0 Å². The molecule has 1 heteroatoms. The summed E-state index contributed by atoms with van der Waals surface area (Å²) in [5.74, 6) is 0. The van der Waals surface area contributed by atoms with Gasteiger partial charge in [0.05, 0.1) is 0 Å². The summed E-state index contributed by atoms with van der Waals surface area (Å²) in [7, 11) is 1.50. The summed E-state index contributed by atoms with van der Waals surface area (Å²) in [5.41, 5.74) is 6.02. The Balaban J connectivity index is 0. The fraction of sp³-hybridized carbons (Fsp3) is 0.778. The van der Waals surface area contributed by atoms with Gasteiger partial charge in [-0.3, -0.25) is 0 Å². The van der Waals surface area contributed by atoms with Crippen molar-refractivity contribution >= 4 is 0 Å². The zero-order chi connectivity index (χ0) is 8.41. The third-order valence-electron chi connectivity index (χ3n) is 1.34. The Morgan fingerprint density at radius 1 is 1.30 bits per heavy atom. The molecule has 0 aromatic rings. The number of allylic oxidation sites excluding steroid dienone is 2. The number of unbranched alkanes of at least 4 members (excludes halogenated alkanes) is 1. The highest BCUT2D eigenvalue weighted by molar-refractivity contribution is 4.95. The molecule has 10 heavy (non-hydrogen) atoms. The van der Waals surface area contributed by atoms with Crippen molar-refractivity contribution in [2.75, 3.05) is 7.05 Å². The van der Waals surface area contributed by atoms with E-state index in [9.17, 15) is 0 Å². The second kappa shape index (κ2) is 11.5. The molecule has 62 valence electrons. The van der Waals surface area contributed by atoms with Crippen LogP contribution in [0.25, 0.3) is 0 Å². The van der Waals surface area contributed by atoms with E-state index in [4.69, 9.17) is 0 Å². The molecule has 0 aromatic carbocycles. The minimum absolute atomic E-state index is 1.21. The first-order valence-electron chi connectivity index (χ1n) is 4.04. The highest BCUT2D eigenvalue weighted by atomic mass is 14.4. The van der Waals surface area contributed by atoms with Gasteiger partial charge in [0, 0.05) is 0 Å². The molecule has 0 amide bonds. The molecule has 2 N–H and O–H groups in total. The molecule has 1 nitrogen and oxygen atoms in total. The normalized spacial score (nSPS) is 10.3. The highest BCUT2D eigenvalue weighted by Crippen LogP contribution is 2.00. The van der Waals surface area contributed by atoms with Gasteiger partial charge >= 0.3 is 0 Å². The summed E-state index contributed by atoms with van der Waals surface area (Å²) in [4.78, 5) is 0. The average Bonchev–Trinajstić information content (AvgIpc) is 2.04. The van der Waals surface area contributed by atoms with Crippen LogP contribution in [0.2, 0.25) is 0 Å². The van der Waals surface area contributed by atoms with Crippen LogP contribution < -0.4 is 5.73 Å². The second-order valence-corrected chi connectivity index (χ2v) is 2.19. The predicted octanol–water partition coefficient (Wildman–Crippen LogP) is 2.72. The molecule has 0 saturated heterocycles. The van der Waals surface area contributed by atoms with E-state index < -0.39 is 0 Å². The SMILES string of the molecule is CCC/C=C(/C)CC.CN. The average molecular weight is 143 g/mol. The van der Waals surface area contributed by atoms with Crippen LogP contribution in [0.3, 0.4) is 0 Å². The second-order valence-electron chi connectivity index (χ2n) is 2.19. The quantitative estimate of drug-likeness (QED) is 0.604. The molecule has 0 bridgehead atoms. The van der Waals surface area contributed by atoms with Crippen molar-refractivity contribution in [3.63, 3.8) is 0 Å². The van der Waals surface area contributed by atoms with Crippen molar-refractivity contribution in [3.05, 3.63) is 11.6 Å². The van der Waals surface area contributed by atoms with Gasteiger partial charge in [-0.25, -0.2) is 0 Å². The van der Waals surface area contributed by atoms with E-state index in [-0.39, 0.29) is 0 Å². The van der Waals surface area contributed by atoms with Crippen LogP contribution in [0.1, 0.15) is 40.0 Å². The lowest BCUT2D eigenvalue weighted by Crippen LogP contribution is -1.70. The first-order chi connectivity index (χ1) is 4.81. The Morgan fingerprint density at radius 2 is 1.80 bits per heavy atom. The number of hydrogen-bond acceptors (Lipinski definition) is 1. The zero-order valence-electron chi connectivity index (χ0n) is 7.78. The fourth-order valence-corrected chi connectivity index (χ4v) is 0.535. The molecule has 0 spiro atoms. The van der Waals surface area contributed by atoms with E-state index in [1.165, 1.54) is 31.9 Å². The lowest BCUT2D eigenvalue weighted by Gasteiger charge is -1.91. The Kier molecular flexibility index (Phi) is 14.2. The Bertz CT molecular complexity index is 74.8. The summed E-state index contributed by atoms with van der Waals surface area (Å²) < 4.78 is 0. The summed E-state index contributed by atoms with van der Waals surface area (Å²) in [6.45, 7) is 6.59. The van der Waals surface area contributed by atoms with Gasteiger partial charge in [-0.1, -0.05) is 31.9 Å². The lowest BCUT2D eigenvalue weighted by molar-refractivity contribution is 0.934. The molecule has 0 radical (unpaired) electrons. The molecule has 0 rings (SSSR count). The summed E-state index contributed by atoms with van der Waals surface area (Å²) >= 11 is 0. The van der Waals surface area contributed by atoms with Gasteiger partial charge < -0.3 is 5.73 Å². The van der Waals surface area contributed by atoms with Crippen LogP contribution in [-0.2, 0) is 0 Å². The van der Waals surface area contributed by atoms with Crippen molar-refractivity contribution < 1.29 is 0 Å². The molecule has 0 unspecified atom stereocenters. The first-order valence-corrected chi connectivity index (χ1v) is 4.04. The Hall–Kier alpha value is -0.300. The van der Waals surface area contributed by atoms with Crippen molar-refractivity contribution in [3.8, 4) is 0 Å². The minimum Gasteiger partial charge on any atom is -0.333 e. The molecule has 0 saturated carbocycles. The predicted molar refractivity (Wildman–Crippen MR) is 49.1 cm³/mol. The van der Waals surface area contributed by atoms with Crippen LogP contribution in [-0.4, -0.2) is 7.05 Å². The van der Waals surface area contributed by atoms with Crippen molar-refractivity contribution in [1.82, 2.24) is 0 Å². The van der Waals surface area contributed by atoms with E-state index in [0.717, 1.165) is 0 Å². The monoisotopic (exact) mass is 143 g/mol. The van der Waals surface area contributed by atoms with Gasteiger partial charge in [0.25, 0.3) is 0 Å². The summed E-state index contributed by atoms with van der Waals surface area (Å²) in [5, 5.41) is 0. The van der Waals surface area contributed by atoms with Gasteiger partial charge in [-0.15, -0.1) is 0 Å². The Labute approximate surface area is 65.3 Å². The maximum atomic E-state index is 4.50. The molecular weight excluding hydrogens is 122 g/mol. The number of hydrogen-bond donors (Lipinski definition) is 1. The molecule has 0 aliphatic heterocycles. The largest absolute Gasteiger partial charge is 0.333 e. The van der Waals surface area contributed by atoms with Gasteiger partial charge in [0.1, 0.15) is 0 Å². The lowest BCUT2D eigenvalue weighted by atomic mass is 10.2. The van der Waals surface area contributed by atoms with Crippen LogP contribution in [0, 0.1) is 0 Å². The van der Waals surface area contributed by atoms with E-state index in [2.05, 4.69) is 32.6 Å². The van der Waals surface area contributed by atoms with Crippen molar-refractivity contribution in [1.29, 1.82) is 0 Å². The molecule has 0 heterocycles. The van der Waals surface area contributed by atoms with Gasteiger partial charge in [-0.2, -0.15) is 0 Å². The molecule has 0 atom stereocenters. The van der Waals surface area contributed by atoms with E-state index in [1.54, 1.807) is 0 Å². The molecule has 0 aliphatic rings. The van der Waals surface area contributed by atoms with Gasteiger partial charge in [0.15, 0.2) is 0 Å². The van der Waals surface area contributed by atoms with Crippen LogP contribution in [0.4, 0.5) is 0 Å². The summed E-state index contributed by atoms with van der Waals surface area (Å²) in [6, 6.07) is 0. The van der Waals surface area contributed by atoms with Gasteiger partial charge in [-0.05, 0) is 26.8 Å². The van der Waals surface area contributed by atoms with Crippen molar-refractivity contribution in [2.24, 2.45) is 5.73 Å². The van der Waals surface area contributed by atoms with E-state index in [0.29, 0.717) is 0 Å². The molecule has 0 aliphatic carbocycles.